The Morgan fingerprint density at radius 2 is 2.03 bits per heavy atom. The second-order valence-electron chi connectivity index (χ2n) is 6.88. The minimum Gasteiger partial charge on any atom is -0.494 e. The standard InChI is InChI=1S/C22H27N3O4/c1-28-13-6-12-25-20-15-18(29-14-4-2-3-8-21(26)27)9-10-19(20)24-22(25)17-7-5-11-23-16-17/h5,7,9-11,15-16H,2-4,6,8,12-14H2,1H3,(H,26,27). The number of rotatable bonds is 12. The van der Waals surface area contributed by atoms with Crippen LogP contribution in [0.2, 0.25) is 0 Å². The first kappa shape index (κ1) is 20.8. The first-order chi connectivity index (χ1) is 14.2. The number of ether oxygens (including phenoxy) is 2. The van der Waals surface area contributed by atoms with Gasteiger partial charge in [-0.15, -0.1) is 0 Å². The topological polar surface area (TPSA) is 86.5 Å². The Morgan fingerprint density at radius 3 is 2.79 bits per heavy atom. The number of methoxy groups -OCH3 is 1. The summed E-state index contributed by atoms with van der Waals surface area (Å²) >= 11 is 0. The van der Waals surface area contributed by atoms with E-state index in [0.29, 0.717) is 19.6 Å². The zero-order chi connectivity index (χ0) is 20.5. The molecule has 0 aliphatic rings. The third-order valence-corrected chi connectivity index (χ3v) is 4.67. The van der Waals surface area contributed by atoms with Gasteiger partial charge in [-0.3, -0.25) is 9.78 Å². The van der Waals surface area contributed by atoms with Crippen molar-refractivity contribution in [3.05, 3.63) is 42.7 Å². The van der Waals surface area contributed by atoms with Crippen molar-refractivity contribution in [3.8, 4) is 17.1 Å². The summed E-state index contributed by atoms with van der Waals surface area (Å²) in [7, 11) is 1.70. The number of unbranched alkanes of at least 4 members (excludes halogenated alkanes) is 2. The summed E-state index contributed by atoms with van der Waals surface area (Å²) in [5, 5.41) is 8.69. The number of carboxylic acid groups (broad SMARTS) is 1. The van der Waals surface area contributed by atoms with Gasteiger partial charge in [0.05, 0.1) is 17.6 Å². The Labute approximate surface area is 170 Å². The van der Waals surface area contributed by atoms with Gasteiger partial charge in [-0.25, -0.2) is 4.98 Å². The summed E-state index contributed by atoms with van der Waals surface area (Å²) in [6.07, 6.45) is 7.02. The lowest BCUT2D eigenvalue weighted by molar-refractivity contribution is -0.137. The molecule has 7 nitrogen and oxygen atoms in total. The zero-order valence-corrected chi connectivity index (χ0v) is 16.7. The highest BCUT2D eigenvalue weighted by molar-refractivity contribution is 5.82. The van der Waals surface area contributed by atoms with Crippen molar-refractivity contribution in [2.75, 3.05) is 20.3 Å². The number of imidazole rings is 1. The SMILES string of the molecule is COCCCn1c(-c2cccnc2)nc2ccc(OCCCCCC(=O)O)cc21. The second kappa shape index (κ2) is 10.6. The molecule has 0 aliphatic heterocycles. The van der Waals surface area contributed by atoms with Gasteiger partial charge in [0.2, 0.25) is 0 Å². The first-order valence-corrected chi connectivity index (χ1v) is 9.93. The molecular formula is C22H27N3O4. The number of aryl methyl sites for hydroxylation is 1. The van der Waals surface area contributed by atoms with Gasteiger partial charge in [-0.2, -0.15) is 0 Å². The van der Waals surface area contributed by atoms with E-state index in [-0.39, 0.29) is 6.42 Å². The van der Waals surface area contributed by atoms with Crippen molar-refractivity contribution in [1.82, 2.24) is 14.5 Å². The molecule has 0 unspecified atom stereocenters. The van der Waals surface area contributed by atoms with E-state index in [1.807, 2.05) is 36.5 Å². The summed E-state index contributed by atoms with van der Waals surface area (Å²) in [6.45, 7) is 2.03. The van der Waals surface area contributed by atoms with Crippen LogP contribution in [0, 0.1) is 0 Å². The molecule has 0 bridgehead atoms. The van der Waals surface area contributed by atoms with Crippen LogP contribution in [0.15, 0.2) is 42.7 Å². The molecule has 7 heteroatoms. The van der Waals surface area contributed by atoms with Gasteiger partial charge in [0, 0.05) is 50.7 Å². The summed E-state index contributed by atoms with van der Waals surface area (Å²) in [5.41, 5.74) is 2.90. The number of hydrogen-bond acceptors (Lipinski definition) is 5. The second-order valence-corrected chi connectivity index (χ2v) is 6.88. The van der Waals surface area contributed by atoms with Gasteiger partial charge in [-0.05, 0) is 49.9 Å². The summed E-state index contributed by atoms with van der Waals surface area (Å²) in [6, 6.07) is 9.84. The number of fused-ring (bicyclic) bond motifs is 1. The maximum atomic E-state index is 10.6. The van der Waals surface area contributed by atoms with E-state index in [1.165, 1.54) is 0 Å². The Balaban J connectivity index is 1.75. The summed E-state index contributed by atoms with van der Waals surface area (Å²) in [5.74, 6) is 0.930. The van der Waals surface area contributed by atoms with Crippen LogP contribution in [0.25, 0.3) is 22.4 Å². The van der Waals surface area contributed by atoms with Crippen LogP contribution in [0.3, 0.4) is 0 Å². The fourth-order valence-corrected chi connectivity index (χ4v) is 3.25. The van der Waals surface area contributed by atoms with Crippen molar-refractivity contribution in [3.63, 3.8) is 0 Å². The number of carbonyl (C=O) groups is 1. The molecule has 0 spiro atoms. The number of pyridine rings is 1. The molecule has 0 fully saturated rings. The lowest BCUT2D eigenvalue weighted by atomic mass is 10.2. The van der Waals surface area contributed by atoms with E-state index in [1.54, 1.807) is 13.3 Å². The quantitative estimate of drug-likeness (QED) is 0.462. The average molecular weight is 397 g/mol. The van der Waals surface area contributed by atoms with Crippen LogP contribution in [0.1, 0.15) is 32.1 Å². The van der Waals surface area contributed by atoms with Crippen molar-refractivity contribution >= 4 is 17.0 Å². The molecule has 1 aromatic carbocycles. The zero-order valence-electron chi connectivity index (χ0n) is 16.7. The lowest BCUT2D eigenvalue weighted by Gasteiger charge is -2.10. The molecule has 29 heavy (non-hydrogen) atoms. The van der Waals surface area contributed by atoms with E-state index in [4.69, 9.17) is 19.6 Å². The number of nitrogens with zero attached hydrogens (tertiary/aromatic N) is 3. The van der Waals surface area contributed by atoms with Crippen molar-refractivity contribution in [2.24, 2.45) is 0 Å². The Kier molecular flexibility index (Phi) is 7.58. The van der Waals surface area contributed by atoms with Crippen LogP contribution < -0.4 is 4.74 Å². The Bertz CT molecular complexity index is 924. The van der Waals surface area contributed by atoms with Crippen molar-refractivity contribution < 1.29 is 19.4 Å². The van der Waals surface area contributed by atoms with Crippen LogP contribution in [-0.2, 0) is 16.1 Å². The van der Waals surface area contributed by atoms with E-state index in [0.717, 1.165) is 54.0 Å². The molecule has 2 heterocycles. The van der Waals surface area contributed by atoms with Crippen molar-refractivity contribution in [2.45, 2.75) is 38.6 Å². The Hall–Kier alpha value is -2.93. The van der Waals surface area contributed by atoms with E-state index >= 15 is 0 Å². The minimum absolute atomic E-state index is 0.212. The third-order valence-electron chi connectivity index (χ3n) is 4.67. The highest BCUT2D eigenvalue weighted by Crippen LogP contribution is 2.28. The predicted octanol–water partition coefficient (Wildman–Crippen LogP) is 4.16. The fraction of sp³-hybridized carbons (Fsp3) is 0.409. The summed E-state index contributed by atoms with van der Waals surface area (Å²) < 4.78 is 13.3. The largest absolute Gasteiger partial charge is 0.494 e. The number of carboxylic acids is 1. The van der Waals surface area contributed by atoms with Gasteiger partial charge in [0.15, 0.2) is 0 Å². The van der Waals surface area contributed by atoms with E-state index in [2.05, 4.69) is 9.55 Å². The van der Waals surface area contributed by atoms with Crippen LogP contribution in [0.4, 0.5) is 0 Å². The van der Waals surface area contributed by atoms with Crippen LogP contribution in [-0.4, -0.2) is 45.9 Å². The Morgan fingerprint density at radius 1 is 1.14 bits per heavy atom. The molecule has 2 aromatic heterocycles. The predicted molar refractivity (Wildman–Crippen MR) is 111 cm³/mol. The van der Waals surface area contributed by atoms with Crippen LogP contribution in [0.5, 0.6) is 5.75 Å². The van der Waals surface area contributed by atoms with Crippen LogP contribution >= 0.6 is 0 Å². The molecule has 0 atom stereocenters. The van der Waals surface area contributed by atoms with Gasteiger partial charge in [0.25, 0.3) is 0 Å². The third kappa shape index (κ3) is 5.77. The maximum absolute atomic E-state index is 10.6. The van der Waals surface area contributed by atoms with Gasteiger partial charge < -0.3 is 19.1 Å². The fourth-order valence-electron chi connectivity index (χ4n) is 3.25. The molecule has 3 rings (SSSR count). The lowest BCUT2D eigenvalue weighted by Crippen LogP contribution is -2.04. The molecule has 0 radical (unpaired) electrons. The molecule has 3 aromatic rings. The number of benzene rings is 1. The molecule has 1 N–H and O–H groups in total. The molecular weight excluding hydrogens is 370 g/mol. The van der Waals surface area contributed by atoms with Gasteiger partial charge >= 0.3 is 5.97 Å². The average Bonchev–Trinajstić information content (AvgIpc) is 3.09. The number of aliphatic carboxylic acids is 1. The molecule has 0 saturated carbocycles. The molecule has 0 saturated heterocycles. The highest BCUT2D eigenvalue weighted by atomic mass is 16.5. The van der Waals surface area contributed by atoms with Gasteiger partial charge in [-0.1, -0.05) is 0 Å². The monoisotopic (exact) mass is 397 g/mol. The van der Waals surface area contributed by atoms with E-state index < -0.39 is 5.97 Å². The van der Waals surface area contributed by atoms with E-state index in [9.17, 15) is 4.79 Å². The smallest absolute Gasteiger partial charge is 0.303 e. The summed E-state index contributed by atoms with van der Waals surface area (Å²) in [4.78, 5) is 19.6. The first-order valence-electron chi connectivity index (χ1n) is 9.93. The molecule has 0 amide bonds. The number of aromatic nitrogens is 3. The maximum Gasteiger partial charge on any atom is 0.303 e. The number of hydrogen-bond donors (Lipinski definition) is 1. The molecule has 0 aliphatic carbocycles. The highest BCUT2D eigenvalue weighted by Gasteiger charge is 2.13. The van der Waals surface area contributed by atoms with Gasteiger partial charge in [0.1, 0.15) is 11.6 Å². The normalized spacial score (nSPS) is 11.1. The van der Waals surface area contributed by atoms with Crippen molar-refractivity contribution in [1.29, 1.82) is 0 Å². The molecule has 154 valence electrons. The minimum atomic E-state index is -0.748.